The summed E-state index contributed by atoms with van der Waals surface area (Å²) in [6, 6.07) is -0.604. The molecule has 0 aromatic carbocycles. The summed E-state index contributed by atoms with van der Waals surface area (Å²) in [5.74, 6) is -1.31. The SMILES string of the molecule is CCC(C)CC1(CC)NC(=O)N(CC(=O)O)C1=O. The second-order valence-corrected chi connectivity index (χ2v) is 4.87. The first-order chi connectivity index (χ1) is 8.36. The third kappa shape index (κ3) is 2.63. The van der Waals surface area contributed by atoms with E-state index in [9.17, 15) is 14.4 Å². The first-order valence-electron chi connectivity index (χ1n) is 6.22. The van der Waals surface area contributed by atoms with Gasteiger partial charge in [-0.05, 0) is 18.8 Å². The average Bonchev–Trinajstić information content (AvgIpc) is 2.53. The van der Waals surface area contributed by atoms with Crippen LogP contribution in [0.2, 0.25) is 0 Å². The fourth-order valence-electron chi connectivity index (χ4n) is 2.22. The molecule has 1 fully saturated rings. The van der Waals surface area contributed by atoms with Crippen molar-refractivity contribution < 1.29 is 19.5 Å². The van der Waals surface area contributed by atoms with E-state index in [0.29, 0.717) is 18.8 Å². The molecular formula is C12H20N2O4. The molecule has 1 aliphatic rings. The van der Waals surface area contributed by atoms with E-state index in [1.165, 1.54) is 0 Å². The maximum absolute atomic E-state index is 12.2. The fraction of sp³-hybridized carbons (Fsp3) is 0.750. The highest BCUT2D eigenvalue weighted by Gasteiger charge is 2.50. The molecule has 0 bridgehead atoms. The van der Waals surface area contributed by atoms with Crippen LogP contribution in [0.15, 0.2) is 0 Å². The van der Waals surface area contributed by atoms with Crippen molar-refractivity contribution in [1.29, 1.82) is 0 Å². The number of carbonyl (C=O) groups is 3. The monoisotopic (exact) mass is 256 g/mol. The van der Waals surface area contributed by atoms with E-state index in [4.69, 9.17) is 5.11 Å². The second-order valence-electron chi connectivity index (χ2n) is 4.87. The van der Waals surface area contributed by atoms with Crippen LogP contribution in [-0.2, 0) is 9.59 Å². The van der Waals surface area contributed by atoms with Crippen LogP contribution in [0.1, 0.15) is 40.0 Å². The zero-order valence-corrected chi connectivity index (χ0v) is 11.0. The number of hydrogen-bond acceptors (Lipinski definition) is 3. The number of nitrogens with one attached hydrogen (secondary N) is 1. The molecule has 6 heteroatoms. The summed E-state index contributed by atoms with van der Waals surface area (Å²) in [6.07, 6.45) is 1.92. The number of carboxylic acid groups (broad SMARTS) is 1. The Labute approximate surface area is 106 Å². The molecule has 0 aromatic rings. The van der Waals surface area contributed by atoms with Gasteiger partial charge >= 0.3 is 12.0 Å². The normalized spacial score (nSPS) is 25.2. The molecule has 1 saturated heterocycles. The summed E-state index contributed by atoms with van der Waals surface area (Å²) in [6.45, 7) is 5.28. The Morgan fingerprint density at radius 2 is 2.06 bits per heavy atom. The molecule has 18 heavy (non-hydrogen) atoms. The van der Waals surface area contributed by atoms with Crippen molar-refractivity contribution in [2.45, 2.75) is 45.6 Å². The van der Waals surface area contributed by atoms with Gasteiger partial charge in [-0.2, -0.15) is 0 Å². The Kier molecular flexibility index (Phi) is 4.32. The van der Waals surface area contributed by atoms with E-state index in [1.807, 2.05) is 20.8 Å². The van der Waals surface area contributed by atoms with E-state index < -0.39 is 30.0 Å². The molecule has 0 aromatic heterocycles. The molecule has 1 heterocycles. The van der Waals surface area contributed by atoms with Crippen molar-refractivity contribution in [3.63, 3.8) is 0 Å². The van der Waals surface area contributed by atoms with Crippen LogP contribution in [0.4, 0.5) is 4.79 Å². The average molecular weight is 256 g/mol. The summed E-state index contributed by atoms with van der Waals surface area (Å²) in [7, 11) is 0. The number of aliphatic carboxylic acids is 1. The standard InChI is InChI=1S/C12H20N2O4/c1-4-8(3)6-12(5-2)10(17)14(7-9(15)16)11(18)13-12/h8H,4-7H2,1-3H3,(H,13,18)(H,15,16). The van der Waals surface area contributed by atoms with Gasteiger partial charge in [0.2, 0.25) is 0 Å². The van der Waals surface area contributed by atoms with Gasteiger partial charge in [-0.3, -0.25) is 14.5 Å². The lowest BCUT2D eigenvalue weighted by molar-refractivity contribution is -0.143. The molecule has 1 aliphatic heterocycles. The number of urea groups is 1. The van der Waals surface area contributed by atoms with Crippen molar-refractivity contribution in [3.05, 3.63) is 0 Å². The van der Waals surface area contributed by atoms with Crippen molar-refractivity contribution in [3.8, 4) is 0 Å². The number of rotatable bonds is 6. The summed E-state index contributed by atoms with van der Waals surface area (Å²) >= 11 is 0. The predicted octanol–water partition coefficient (Wildman–Crippen LogP) is 1.21. The summed E-state index contributed by atoms with van der Waals surface area (Å²) in [4.78, 5) is 35.4. The second kappa shape index (κ2) is 5.37. The molecule has 0 aliphatic carbocycles. The largest absolute Gasteiger partial charge is 0.480 e. The van der Waals surface area contributed by atoms with Crippen molar-refractivity contribution >= 4 is 17.9 Å². The minimum absolute atomic E-state index is 0.291. The minimum Gasteiger partial charge on any atom is -0.480 e. The first kappa shape index (κ1) is 14.5. The Balaban J connectivity index is 2.92. The first-order valence-corrected chi connectivity index (χ1v) is 6.22. The van der Waals surface area contributed by atoms with Crippen LogP contribution in [-0.4, -0.2) is 40.0 Å². The molecule has 2 unspecified atom stereocenters. The van der Waals surface area contributed by atoms with Crippen LogP contribution in [0.5, 0.6) is 0 Å². The number of amides is 3. The van der Waals surface area contributed by atoms with Crippen LogP contribution in [0, 0.1) is 5.92 Å². The van der Waals surface area contributed by atoms with Gasteiger partial charge in [0.15, 0.2) is 0 Å². The third-order valence-electron chi connectivity index (χ3n) is 3.54. The molecule has 0 radical (unpaired) electrons. The van der Waals surface area contributed by atoms with E-state index in [-0.39, 0.29) is 0 Å². The van der Waals surface area contributed by atoms with E-state index in [0.717, 1.165) is 11.3 Å². The summed E-state index contributed by atoms with van der Waals surface area (Å²) in [5.41, 5.74) is -0.929. The Morgan fingerprint density at radius 1 is 1.44 bits per heavy atom. The number of nitrogens with zero attached hydrogens (tertiary/aromatic N) is 1. The van der Waals surface area contributed by atoms with Gasteiger partial charge < -0.3 is 10.4 Å². The summed E-state index contributed by atoms with van der Waals surface area (Å²) in [5, 5.41) is 11.4. The van der Waals surface area contributed by atoms with Crippen LogP contribution in [0.25, 0.3) is 0 Å². The quantitative estimate of drug-likeness (QED) is 0.699. The van der Waals surface area contributed by atoms with Gasteiger partial charge in [-0.15, -0.1) is 0 Å². The molecule has 2 atom stereocenters. The maximum atomic E-state index is 12.2. The third-order valence-corrected chi connectivity index (χ3v) is 3.54. The molecular weight excluding hydrogens is 236 g/mol. The minimum atomic E-state index is -1.19. The lowest BCUT2D eigenvalue weighted by Gasteiger charge is -2.27. The maximum Gasteiger partial charge on any atom is 0.325 e. The van der Waals surface area contributed by atoms with E-state index >= 15 is 0 Å². The molecule has 6 nitrogen and oxygen atoms in total. The number of carbonyl (C=O) groups excluding carboxylic acids is 2. The molecule has 0 spiro atoms. The van der Waals surface area contributed by atoms with Crippen LogP contribution in [0.3, 0.4) is 0 Å². The summed E-state index contributed by atoms with van der Waals surface area (Å²) < 4.78 is 0. The number of imide groups is 1. The Hall–Kier alpha value is -1.59. The van der Waals surface area contributed by atoms with Crippen LogP contribution >= 0.6 is 0 Å². The molecule has 0 saturated carbocycles. The fourth-order valence-corrected chi connectivity index (χ4v) is 2.22. The van der Waals surface area contributed by atoms with E-state index in [2.05, 4.69) is 5.32 Å². The Bertz CT molecular complexity index is 369. The van der Waals surface area contributed by atoms with Gasteiger partial charge in [-0.25, -0.2) is 4.79 Å². The van der Waals surface area contributed by atoms with Gasteiger partial charge in [0.05, 0.1) is 0 Å². The number of carboxylic acids is 1. The molecule has 1 rings (SSSR count). The highest BCUT2D eigenvalue weighted by atomic mass is 16.4. The lowest BCUT2D eigenvalue weighted by atomic mass is 9.84. The zero-order valence-electron chi connectivity index (χ0n) is 11.0. The smallest absolute Gasteiger partial charge is 0.325 e. The van der Waals surface area contributed by atoms with Gasteiger partial charge in [0.1, 0.15) is 12.1 Å². The van der Waals surface area contributed by atoms with Gasteiger partial charge in [-0.1, -0.05) is 27.2 Å². The highest BCUT2D eigenvalue weighted by Crippen LogP contribution is 2.29. The highest BCUT2D eigenvalue weighted by molar-refractivity contribution is 6.08. The Morgan fingerprint density at radius 3 is 2.50 bits per heavy atom. The van der Waals surface area contributed by atoms with E-state index in [1.54, 1.807) is 0 Å². The van der Waals surface area contributed by atoms with Crippen molar-refractivity contribution in [2.24, 2.45) is 5.92 Å². The lowest BCUT2D eigenvalue weighted by Crippen LogP contribution is -2.48. The predicted molar refractivity (Wildman–Crippen MR) is 65.0 cm³/mol. The van der Waals surface area contributed by atoms with Gasteiger partial charge in [0.25, 0.3) is 5.91 Å². The molecule has 102 valence electrons. The van der Waals surface area contributed by atoms with Crippen molar-refractivity contribution in [2.75, 3.05) is 6.54 Å². The van der Waals surface area contributed by atoms with Crippen molar-refractivity contribution in [1.82, 2.24) is 10.2 Å². The zero-order chi connectivity index (χ0) is 13.9. The molecule has 2 N–H and O–H groups in total. The van der Waals surface area contributed by atoms with Crippen LogP contribution < -0.4 is 5.32 Å². The number of hydrogen-bond donors (Lipinski definition) is 2. The topological polar surface area (TPSA) is 86.7 Å². The van der Waals surface area contributed by atoms with Gasteiger partial charge in [0, 0.05) is 0 Å². The molecule has 3 amide bonds.